The molecular formula is C9H19NS. The molecule has 0 unspecified atom stereocenters. The van der Waals surface area contributed by atoms with E-state index in [1.807, 2.05) is 0 Å². The Hall–Kier alpha value is 0.310. The minimum absolute atomic E-state index is 0.912. The van der Waals surface area contributed by atoms with Crippen molar-refractivity contribution >= 4 is 12.6 Å². The summed E-state index contributed by atoms with van der Waals surface area (Å²) in [5, 5.41) is 0. The van der Waals surface area contributed by atoms with Gasteiger partial charge in [-0.2, -0.15) is 12.6 Å². The highest BCUT2D eigenvalue weighted by molar-refractivity contribution is 7.80. The first-order chi connectivity index (χ1) is 5.34. The second-order valence-corrected chi connectivity index (χ2v) is 3.94. The first kappa shape index (κ1) is 9.40. The minimum Gasteiger partial charge on any atom is -0.303 e. The molecule has 0 spiro atoms. The first-order valence-electron chi connectivity index (χ1n) is 4.65. The van der Waals surface area contributed by atoms with Crippen LogP contribution in [0.4, 0.5) is 0 Å². The minimum atomic E-state index is 0.912. The molecule has 1 rings (SSSR count). The average Bonchev–Trinajstić information content (AvgIpc) is 1.84. The molecule has 0 aromatic rings. The molecule has 0 atom stereocenters. The molecule has 0 bridgehead atoms. The fourth-order valence-electron chi connectivity index (χ4n) is 1.48. The fraction of sp³-hybridized carbons (Fsp3) is 1.00. The number of hydrogen-bond acceptors (Lipinski definition) is 2. The van der Waals surface area contributed by atoms with Gasteiger partial charge in [-0.15, -0.1) is 0 Å². The van der Waals surface area contributed by atoms with Crippen molar-refractivity contribution in [1.29, 1.82) is 0 Å². The lowest BCUT2D eigenvalue weighted by atomic mass is 9.92. The third kappa shape index (κ3) is 3.04. The standard InChI is InChI=1S/C9H19NS/c1-10(7-2-3-8-11)9-5-4-6-9/h9,11H,2-8H2,1H3. The Morgan fingerprint density at radius 3 is 2.55 bits per heavy atom. The van der Waals surface area contributed by atoms with Crippen molar-refractivity contribution in [2.75, 3.05) is 19.3 Å². The molecule has 0 aliphatic heterocycles. The van der Waals surface area contributed by atoms with Gasteiger partial charge in [-0.05, 0) is 45.0 Å². The van der Waals surface area contributed by atoms with Crippen molar-refractivity contribution in [2.24, 2.45) is 0 Å². The molecule has 11 heavy (non-hydrogen) atoms. The quantitative estimate of drug-likeness (QED) is 0.492. The Labute approximate surface area is 75.6 Å². The molecule has 0 saturated heterocycles. The van der Waals surface area contributed by atoms with E-state index < -0.39 is 0 Å². The summed E-state index contributed by atoms with van der Waals surface area (Å²) in [5.41, 5.74) is 0. The zero-order valence-electron chi connectivity index (χ0n) is 7.42. The van der Waals surface area contributed by atoms with E-state index in [-0.39, 0.29) is 0 Å². The summed E-state index contributed by atoms with van der Waals surface area (Å²) >= 11 is 4.19. The normalized spacial score (nSPS) is 18.8. The fourth-order valence-corrected chi connectivity index (χ4v) is 1.71. The smallest absolute Gasteiger partial charge is 0.00922 e. The van der Waals surface area contributed by atoms with Crippen LogP contribution in [0.2, 0.25) is 0 Å². The Balaban J connectivity index is 1.96. The lowest BCUT2D eigenvalue weighted by Crippen LogP contribution is -2.37. The van der Waals surface area contributed by atoms with E-state index in [4.69, 9.17) is 0 Å². The molecule has 0 radical (unpaired) electrons. The van der Waals surface area contributed by atoms with Gasteiger partial charge in [0.05, 0.1) is 0 Å². The highest BCUT2D eigenvalue weighted by atomic mass is 32.1. The Morgan fingerprint density at radius 2 is 2.09 bits per heavy atom. The third-order valence-corrected chi connectivity index (χ3v) is 2.93. The van der Waals surface area contributed by atoms with Gasteiger partial charge in [0.2, 0.25) is 0 Å². The molecule has 1 nitrogen and oxygen atoms in total. The maximum atomic E-state index is 4.19. The zero-order valence-corrected chi connectivity index (χ0v) is 8.32. The number of hydrogen-bond donors (Lipinski definition) is 1. The van der Waals surface area contributed by atoms with E-state index in [0.717, 1.165) is 11.8 Å². The Bertz CT molecular complexity index is 102. The maximum Gasteiger partial charge on any atom is 0.00922 e. The van der Waals surface area contributed by atoms with Crippen LogP contribution in [-0.2, 0) is 0 Å². The van der Waals surface area contributed by atoms with Gasteiger partial charge in [0, 0.05) is 6.04 Å². The van der Waals surface area contributed by atoms with Crippen LogP contribution in [0.1, 0.15) is 32.1 Å². The monoisotopic (exact) mass is 173 g/mol. The summed E-state index contributed by atoms with van der Waals surface area (Å²) < 4.78 is 0. The van der Waals surface area contributed by atoms with Crippen LogP contribution in [-0.4, -0.2) is 30.3 Å². The lowest BCUT2D eigenvalue weighted by Gasteiger charge is -2.34. The largest absolute Gasteiger partial charge is 0.303 e. The summed E-state index contributed by atoms with van der Waals surface area (Å²) in [4.78, 5) is 2.51. The Kier molecular flexibility index (Phi) is 4.31. The summed E-state index contributed by atoms with van der Waals surface area (Å²) in [6.07, 6.45) is 6.88. The molecule has 66 valence electrons. The predicted molar refractivity (Wildman–Crippen MR) is 53.4 cm³/mol. The maximum absolute atomic E-state index is 4.19. The molecular weight excluding hydrogens is 154 g/mol. The highest BCUT2D eigenvalue weighted by Crippen LogP contribution is 2.23. The second-order valence-electron chi connectivity index (χ2n) is 3.50. The molecule has 1 saturated carbocycles. The summed E-state index contributed by atoms with van der Waals surface area (Å²) in [7, 11) is 2.25. The van der Waals surface area contributed by atoms with Crippen LogP contribution in [0.5, 0.6) is 0 Å². The van der Waals surface area contributed by atoms with Crippen molar-refractivity contribution in [1.82, 2.24) is 4.90 Å². The van der Waals surface area contributed by atoms with Crippen molar-refractivity contribution < 1.29 is 0 Å². The van der Waals surface area contributed by atoms with E-state index >= 15 is 0 Å². The van der Waals surface area contributed by atoms with Gasteiger partial charge in [-0.3, -0.25) is 0 Å². The van der Waals surface area contributed by atoms with Gasteiger partial charge in [0.15, 0.2) is 0 Å². The Morgan fingerprint density at radius 1 is 1.36 bits per heavy atom. The third-order valence-electron chi connectivity index (χ3n) is 2.62. The van der Waals surface area contributed by atoms with Crippen molar-refractivity contribution in [2.45, 2.75) is 38.1 Å². The van der Waals surface area contributed by atoms with Crippen molar-refractivity contribution in [3.63, 3.8) is 0 Å². The average molecular weight is 173 g/mol. The summed E-state index contributed by atoms with van der Waals surface area (Å²) in [6, 6.07) is 0.912. The van der Waals surface area contributed by atoms with Gasteiger partial charge in [-0.1, -0.05) is 6.42 Å². The number of rotatable bonds is 5. The van der Waals surface area contributed by atoms with Crippen LogP contribution in [0.15, 0.2) is 0 Å². The van der Waals surface area contributed by atoms with Gasteiger partial charge >= 0.3 is 0 Å². The van der Waals surface area contributed by atoms with Crippen LogP contribution in [0, 0.1) is 0 Å². The van der Waals surface area contributed by atoms with E-state index in [9.17, 15) is 0 Å². The molecule has 1 fully saturated rings. The van der Waals surface area contributed by atoms with Crippen molar-refractivity contribution in [3.05, 3.63) is 0 Å². The topological polar surface area (TPSA) is 3.24 Å². The summed E-state index contributed by atoms with van der Waals surface area (Å²) in [5.74, 6) is 1.04. The van der Waals surface area contributed by atoms with Gasteiger partial charge in [0.25, 0.3) is 0 Å². The van der Waals surface area contributed by atoms with Crippen LogP contribution in [0.25, 0.3) is 0 Å². The highest BCUT2D eigenvalue weighted by Gasteiger charge is 2.20. The van der Waals surface area contributed by atoms with Crippen LogP contribution < -0.4 is 0 Å². The molecule has 0 aromatic carbocycles. The molecule has 0 amide bonds. The molecule has 2 heteroatoms. The van der Waals surface area contributed by atoms with E-state index in [2.05, 4.69) is 24.6 Å². The van der Waals surface area contributed by atoms with Crippen molar-refractivity contribution in [3.8, 4) is 0 Å². The second kappa shape index (κ2) is 5.04. The van der Waals surface area contributed by atoms with Gasteiger partial charge < -0.3 is 4.90 Å². The lowest BCUT2D eigenvalue weighted by molar-refractivity contribution is 0.158. The first-order valence-corrected chi connectivity index (χ1v) is 5.29. The van der Waals surface area contributed by atoms with Gasteiger partial charge in [0.1, 0.15) is 0 Å². The van der Waals surface area contributed by atoms with E-state index in [1.54, 1.807) is 0 Å². The van der Waals surface area contributed by atoms with Gasteiger partial charge in [-0.25, -0.2) is 0 Å². The molecule has 0 heterocycles. The number of nitrogens with zero attached hydrogens (tertiary/aromatic N) is 1. The molecule has 1 aliphatic rings. The number of thiol groups is 1. The predicted octanol–water partition coefficient (Wildman–Crippen LogP) is 2.18. The summed E-state index contributed by atoms with van der Waals surface area (Å²) in [6.45, 7) is 1.27. The molecule has 1 aliphatic carbocycles. The van der Waals surface area contributed by atoms with E-state index in [1.165, 1.54) is 38.6 Å². The zero-order chi connectivity index (χ0) is 8.10. The van der Waals surface area contributed by atoms with E-state index in [0.29, 0.717) is 0 Å². The number of unbranched alkanes of at least 4 members (excludes halogenated alkanes) is 1. The molecule has 0 aromatic heterocycles. The molecule has 0 N–H and O–H groups in total. The van der Waals surface area contributed by atoms with Crippen LogP contribution >= 0.6 is 12.6 Å². The SMILES string of the molecule is CN(CCCCS)C1CCC1. The van der Waals surface area contributed by atoms with Crippen LogP contribution in [0.3, 0.4) is 0 Å².